The van der Waals surface area contributed by atoms with Gasteiger partial charge in [0.25, 0.3) is 11.8 Å². The molecule has 1 saturated carbocycles. The third-order valence-electron chi connectivity index (χ3n) is 5.96. The fourth-order valence-electron chi connectivity index (χ4n) is 4.05. The van der Waals surface area contributed by atoms with Gasteiger partial charge < -0.3 is 25.2 Å². The number of nitrogens with one attached hydrogen (secondary N) is 2. The summed E-state index contributed by atoms with van der Waals surface area (Å²) in [6.45, 7) is 4.26. The van der Waals surface area contributed by atoms with E-state index in [0.717, 1.165) is 11.6 Å². The smallest absolute Gasteiger partial charge is 0.306 e. The highest BCUT2D eigenvalue weighted by molar-refractivity contribution is 5.96. The fraction of sp³-hybridized carbons (Fsp3) is 0.423. The molecule has 2 amide bonds. The summed E-state index contributed by atoms with van der Waals surface area (Å²) in [6.07, 6.45) is 2.55. The molecular formula is C26H31FN2O6. The summed E-state index contributed by atoms with van der Waals surface area (Å²) in [5.74, 6) is -1.65. The molecule has 0 radical (unpaired) electrons. The van der Waals surface area contributed by atoms with Crippen LogP contribution in [0.4, 0.5) is 4.39 Å². The first-order chi connectivity index (χ1) is 16.8. The summed E-state index contributed by atoms with van der Waals surface area (Å²) in [5.41, 5.74) is 1.40. The predicted molar refractivity (Wildman–Crippen MR) is 127 cm³/mol. The Morgan fingerprint density at radius 3 is 2.29 bits per heavy atom. The minimum Gasteiger partial charge on any atom is -0.491 e. The maximum absolute atomic E-state index is 13.9. The largest absolute Gasteiger partial charge is 0.491 e. The number of amides is 2. The maximum Gasteiger partial charge on any atom is 0.306 e. The number of rotatable bonds is 10. The van der Waals surface area contributed by atoms with Gasteiger partial charge in [-0.25, -0.2) is 4.39 Å². The first-order valence-corrected chi connectivity index (χ1v) is 11.8. The van der Waals surface area contributed by atoms with Crippen LogP contribution in [0.25, 0.3) is 0 Å². The normalized spacial score (nSPS) is 17.3. The number of carbonyl (C=O) groups excluding carboxylic acids is 2. The van der Waals surface area contributed by atoms with Crippen molar-refractivity contribution in [1.82, 2.24) is 10.6 Å². The standard InChI is InChI=1S/C26H31FN2O6/c1-3-34-23-11-6-18(15-22(23)27)24(30)28-12-13-29-25(31)21-10-9-20(14-16(21)2)35-19-7-4-17(5-8-19)26(32)33/h6,9-11,14-15,17,19H,3-5,7-8,12-13H2,1-2H3,(H,28,30)(H,29,31)(H,32,33). The number of halogens is 1. The highest BCUT2D eigenvalue weighted by Gasteiger charge is 2.27. The summed E-state index contributed by atoms with van der Waals surface area (Å²) in [7, 11) is 0. The average Bonchev–Trinajstić information content (AvgIpc) is 2.83. The van der Waals surface area contributed by atoms with E-state index in [9.17, 15) is 18.8 Å². The minimum absolute atomic E-state index is 0.0304. The molecule has 1 aliphatic carbocycles. The molecule has 188 valence electrons. The highest BCUT2D eigenvalue weighted by Crippen LogP contribution is 2.28. The van der Waals surface area contributed by atoms with Crippen LogP contribution in [0.1, 0.15) is 58.9 Å². The second-order valence-corrected chi connectivity index (χ2v) is 8.50. The molecule has 9 heteroatoms. The van der Waals surface area contributed by atoms with Gasteiger partial charge in [-0.1, -0.05) is 0 Å². The zero-order chi connectivity index (χ0) is 25.4. The SMILES string of the molecule is CCOc1ccc(C(=O)NCCNC(=O)c2ccc(OC3CCC(C(=O)O)CC3)cc2C)cc1F. The molecule has 0 unspecified atom stereocenters. The Balaban J connectivity index is 1.44. The van der Waals surface area contributed by atoms with Gasteiger partial charge in [0.15, 0.2) is 11.6 Å². The van der Waals surface area contributed by atoms with Crippen LogP contribution in [0.3, 0.4) is 0 Å². The molecule has 0 aliphatic heterocycles. The van der Waals surface area contributed by atoms with Crippen molar-refractivity contribution in [3.05, 3.63) is 58.9 Å². The summed E-state index contributed by atoms with van der Waals surface area (Å²) in [5, 5.41) is 14.5. The molecule has 0 saturated heterocycles. The van der Waals surface area contributed by atoms with Crippen LogP contribution in [-0.4, -0.2) is 48.7 Å². The van der Waals surface area contributed by atoms with Crippen molar-refractivity contribution in [2.24, 2.45) is 5.92 Å². The van der Waals surface area contributed by atoms with E-state index >= 15 is 0 Å². The van der Waals surface area contributed by atoms with Crippen LogP contribution >= 0.6 is 0 Å². The highest BCUT2D eigenvalue weighted by atomic mass is 19.1. The molecule has 3 rings (SSSR count). The molecule has 0 aromatic heterocycles. The van der Waals surface area contributed by atoms with E-state index in [1.165, 1.54) is 12.1 Å². The van der Waals surface area contributed by atoms with E-state index in [0.29, 0.717) is 43.6 Å². The fourth-order valence-corrected chi connectivity index (χ4v) is 4.05. The van der Waals surface area contributed by atoms with E-state index in [1.54, 1.807) is 25.1 Å². The molecular weight excluding hydrogens is 455 g/mol. The molecule has 2 aromatic carbocycles. The maximum atomic E-state index is 13.9. The molecule has 3 N–H and O–H groups in total. The molecule has 35 heavy (non-hydrogen) atoms. The van der Waals surface area contributed by atoms with Gasteiger partial charge in [0, 0.05) is 24.2 Å². The van der Waals surface area contributed by atoms with Gasteiger partial charge in [0.2, 0.25) is 0 Å². The lowest BCUT2D eigenvalue weighted by atomic mass is 9.87. The van der Waals surface area contributed by atoms with E-state index < -0.39 is 17.7 Å². The van der Waals surface area contributed by atoms with Crippen LogP contribution in [0, 0.1) is 18.7 Å². The van der Waals surface area contributed by atoms with Gasteiger partial charge in [0.1, 0.15) is 5.75 Å². The molecule has 0 spiro atoms. The lowest BCUT2D eigenvalue weighted by Crippen LogP contribution is -2.35. The van der Waals surface area contributed by atoms with Crippen molar-refractivity contribution in [2.75, 3.05) is 19.7 Å². The van der Waals surface area contributed by atoms with Crippen molar-refractivity contribution < 1.29 is 33.4 Å². The number of aryl methyl sites for hydroxylation is 1. The van der Waals surface area contributed by atoms with Crippen molar-refractivity contribution in [3.63, 3.8) is 0 Å². The van der Waals surface area contributed by atoms with Gasteiger partial charge >= 0.3 is 5.97 Å². The minimum atomic E-state index is -0.751. The summed E-state index contributed by atoms with van der Waals surface area (Å²) < 4.78 is 25.0. The molecule has 1 fully saturated rings. The van der Waals surface area contributed by atoms with E-state index in [2.05, 4.69) is 10.6 Å². The van der Waals surface area contributed by atoms with Crippen molar-refractivity contribution in [2.45, 2.75) is 45.6 Å². The lowest BCUT2D eigenvalue weighted by Gasteiger charge is -2.27. The predicted octanol–water partition coefficient (Wildman–Crippen LogP) is 3.71. The first kappa shape index (κ1) is 26.0. The van der Waals surface area contributed by atoms with Gasteiger partial charge in [-0.05, 0) is 81.5 Å². The Kier molecular flexibility index (Phi) is 9.05. The van der Waals surface area contributed by atoms with Crippen LogP contribution in [0.15, 0.2) is 36.4 Å². The number of carboxylic acid groups (broad SMARTS) is 1. The molecule has 2 aromatic rings. The second-order valence-electron chi connectivity index (χ2n) is 8.50. The van der Waals surface area contributed by atoms with Crippen molar-refractivity contribution >= 4 is 17.8 Å². The molecule has 0 heterocycles. The summed E-state index contributed by atoms with van der Waals surface area (Å²) >= 11 is 0. The number of hydrogen-bond donors (Lipinski definition) is 3. The average molecular weight is 487 g/mol. The zero-order valence-corrected chi connectivity index (χ0v) is 19.9. The topological polar surface area (TPSA) is 114 Å². The van der Waals surface area contributed by atoms with Gasteiger partial charge in [0.05, 0.1) is 18.6 Å². The lowest BCUT2D eigenvalue weighted by molar-refractivity contribution is -0.143. The van der Waals surface area contributed by atoms with Crippen LogP contribution in [0.5, 0.6) is 11.5 Å². The monoisotopic (exact) mass is 486 g/mol. The van der Waals surface area contributed by atoms with Crippen LogP contribution < -0.4 is 20.1 Å². The first-order valence-electron chi connectivity index (χ1n) is 11.8. The Morgan fingerprint density at radius 1 is 1.00 bits per heavy atom. The number of ether oxygens (including phenoxy) is 2. The third-order valence-corrected chi connectivity index (χ3v) is 5.96. The molecule has 1 aliphatic rings. The number of aliphatic carboxylic acids is 1. The van der Waals surface area contributed by atoms with Gasteiger partial charge in [-0.2, -0.15) is 0 Å². The number of carbonyl (C=O) groups is 3. The summed E-state index contributed by atoms with van der Waals surface area (Å²) in [6, 6.07) is 9.21. The Bertz CT molecular complexity index is 1070. The molecule has 0 bridgehead atoms. The third kappa shape index (κ3) is 7.18. The van der Waals surface area contributed by atoms with Crippen molar-refractivity contribution in [1.29, 1.82) is 0 Å². The number of benzene rings is 2. The van der Waals surface area contributed by atoms with E-state index in [1.807, 2.05) is 6.92 Å². The van der Waals surface area contributed by atoms with Crippen LogP contribution in [-0.2, 0) is 4.79 Å². The van der Waals surface area contributed by atoms with E-state index in [-0.39, 0.29) is 42.3 Å². The van der Waals surface area contributed by atoms with E-state index in [4.69, 9.17) is 14.6 Å². The quantitative estimate of drug-likeness (QED) is 0.441. The molecule has 0 atom stereocenters. The Hall–Kier alpha value is -3.62. The Labute approximate surface area is 203 Å². The number of hydrogen-bond acceptors (Lipinski definition) is 5. The zero-order valence-electron chi connectivity index (χ0n) is 19.9. The van der Waals surface area contributed by atoms with Gasteiger partial charge in [-0.3, -0.25) is 14.4 Å². The summed E-state index contributed by atoms with van der Waals surface area (Å²) in [4.78, 5) is 35.8. The Morgan fingerprint density at radius 2 is 1.69 bits per heavy atom. The molecule has 8 nitrogen and oxygen atoms in total. The van der Waals surface area contributed by atoms with Gasteiger partial charge in [-0.15, -0.1) is 0 Å². The number of carboxylic acids is 1. The van der Waals surface area contributed by atoms with Crippen LogP contribution in [0.2, 0.25) is 0 Å². The van der Waals surface area contributed by atoms with Crippen molar-refractivity contribution in [3.8, 4) is 11.5 Å². The second kappa shape index (κ2) is 12.2.